The summed E-state index contributed by atoms with van der Waals surface area (Å²) in [5.74, 6) is 2.05. The van der Waals surface area contributed by atoms with Crippen LogP contribution in [0.25, 0.3) is 0 Å². The van der Waals surface area contributed by atoms with Crippen molar-refractivity contribution in [2.75, 3.05) is 6.54 Å². The maximum atomic E-state index is 11.3. The smallest absolute Gasteiger partial charge is 0.274 e. The van der Waals surface area contributed by atoms with Gasteiger partial charge < -0.3 is 0 Å². The van der Waals surface area contributed by atoms with Gasteiger partial charge in [0.05, 0.1) is 6.54 Å². The molecule has 1 aromatic rings. The van der Waals surface area contributed by atoms with E-state index in [1.807, 2.05) is 12.1 Å². The standard InChI is InChI=1S/C13H14N2O2/c1-2-7-14-12-6-5-9-3-4-10(8-11(9)12)13(16)15-17/h1,3-4,8,12,14,17H,5-7H2,(H,15,16). The van der Waals surface area contributed by atoms with Crippen molar-refractivity contribution < 1.29 is 10.0 Å². The van der Waals surface area contributed by atoms with E-state index in [9.17, 15) is 4.79 Å². The molecule has 0 heterocycles. The lowest BCUT2D eigenvalue weighted by Crippen LogP contribution is -2.21. The van der Waals surface area contributed by atoms with Crippen molar-refractivity contribution in [1.29, 1.82) is 0 Å². The maximum Gasteiger partial charge on any atom is 0.274 e. The van der Waals surface area contributed by atoms with E-state index in [1.54, 1.807) is 11.5 Å². The highest BCUT2D eigenvalue weighted by molar-refractivity contribution is 5.93. The molecule has 0 fully saturated rings. The van der Waals surface area contributed by atoms with E-state index in [1.165, 1.54) is 5.56 Å². The molecule has 1 aliphatic rings. The zero-order chi connectivity index (χ0) is 12.3. The lowest BCUT2D eigenvalue weighted by molar-refractivity contribution is 0.0706. The predicted molar refractivity (Wildman–Crippen MR) is 63.6 cm³/mol. The summed E-state index contributed by atoms with van der Waals surface area (Å²) in [6, 6.07) is 5.65. The van der Waals surface area contributed by atoms with Crippen molar-refractivity contribution in [3.63, 3.8) is 0 Å². The van der Waals surface area contributed by atoms with Crippen LogP contribution in [-0.4, -0.2) is 17.7 Å². The molecule has 1 unspecified atom stereocenters. The molecule has 3 N–H and O–H groups in total. The molecule has 88 valence electrons. The number of benzene rings is 1. The average Bonchev–Trinajstić information content (AvgIpc) is 2.77. The number of amides is 1. The Morgan fingerprint density at radius 2 is 2.41 bits per heavy atom. The Bertz CT molecular complexity index is 477. The van der Waals surface area contributed by atoms with Crippen molar-refractivity contribution in [2.24, 2.45) is 0 Å². The van der Waals surface area contributed by atoms with Gasteiger partial charge in [-0.05, 0) is 36.1 Å². The fourth-order valence-electron chi connectivity index (χ4n) is 2.20. The third kappa shape index (κ3) is 2.31. The Hall–Kier alpha value is -1.83. The average molecular weight is 230 g/mol. The zero-order valence-electron chi connectivity index (χ0n) is 9.36. The topological polar surface area (TPSA) is 61.4 Å². The predicted octanol–water partition coefficient (Wildman–Crippen LogP) is 1.02. The number of hydroxylamine groups is 1. The molecule has 0 bridgehead atoms. The first-order chi connectivity index (χ1) is 8.26. The third-order valence-corrected chi connectivity index (χ3v) is 3.04. The highest BCUT2D eigenvalue weighted by Crippen LogP contribution is 2.31. The third-order valence-electron chi connectivity index (χ3n) is 3.04. The molecule has 4 heteroatoms. The molecule has 0 spiro atoms. The van der Waals surface area contributed by atoms with Crippen LogP contribution in [-0.2, 0) is 6.42 Å². The van der Waals surface area contributed by atoms with Gasteiger partial charge in [-0.1, -0.05) is 12.0 Å². The summed E-state index contributed by atoms with van der Waals surface area (Å²) in [4.78, 5) is 11.3. The van der Waals surface area contributed by atoms with Gasteiger partial charge in [0.1, 0.15) is 0 Å². The van der Waals surface area contributed by atoms with Crippen LogP contribution < -0.4 is 10.8 Å². The van der Waals surface area contributed by atoms with Crippen molar-refractivity contribution in [1.82, 2.24) is 10.8 Å². The van der Waals surface area contributed by atoms with Gasteiger partial charge in [0, 0.05) is 11.6 Å². The van der Waals surface area contributed by atoms with Gasteiger partial charge >= 0.3 is 0 Å². The normalized spacial score (nSPS) is 17.3. The molecule has 0 aromatic heterocycles. The minimum Gasteiger partial charge on any atom is -0.299 e. The minimum atomic E-state index is -0.490. The lowest BCUT2D eigenvalue weighted by atomic mass is 10.0. The van der Waals surface area contributed by atoms with Crippen LogP contribution in [0.5, 0.6) is 0 Å². The molecule has 0 aliphatic heterocycles. The van der Waals surface area contributed by atoms with Gasteiger partial charge in [-0.2, -0.15) is 0 Å². The highest BCUT2D eigenvalue weighted by Gasteiger charge is 2.22. The SMILES string of the molecule is C#CCNC1CCc2ccc(C(=O)NO)cc21. The summed E-state index contributed by atoms with van der Waals surface area (Å²) in [6.07, 6.45) is 7.19. The summed E-state index contributed by atoms with van der Waals surface area (Å²) < 4.78 is 0. The van der Waals surface area contributed by atoms with E-state index in [4.69, 9.17) is 11.6 Å². The number of nitrogens with one attached hydrogen (secondary N) is 2. The Kier molecular flexibility index (Phi) is 3.43. The number of carbonyl (C=O) groups excluding carboxylic acids is 1. The van der Waals surface area contributed by atoms with Gasteiger partial charge in [-0.15, -0.1) is 6.42 Å². The van der Waals surface area contributed by atoms with Crippen LogP contribution in [0.1, 0.15) is 33.9 Å². The van der Waals surface area contributed by atoms with Crippen LogP contribution in [0.2, 0.25) is 0 Å². The number of fused-ring (bicyclic) bond motifs is 1. The first kappa shape index (κ1) is 11.6. The minimum absolute atomic E-state index is 0.201. The fourth-order valence-corrected chi connectivity index (χ4v) is 2.20. The number of aryl methyl sites for hydroxylation is 1. The number of hydrogen-bond donors (Lipinski definition) is 3. The van der Waals surface area contributed by atoms with Gasteiger partial charge in [0.15, 0.2) is 0 Å². The monoisotopic (exact) mass is 230 g/mol. The number of rotatable bonds is 3. The van der Waals surface area contributed by atoms with Crippen LogP contribution >= 0.6 is 0 Å². The highest BCUT2D eigenvalue weighted by atomic mass is 16.5. The Morgan fingerprint density at radius 1 is 1.59 bits per heavy atom. The van der Waals surface area contributed by atoms with E-state index >= 15 is 0 Å². The quantitative estimate of drug-likeness (QED) is 0.412. The summed E-state index contributed by atoms with van der Waals surface area (Å²) in [5, 5.41) is 11.8. The molecule has 0 radical (unpaired) electrons. The van der Waals surface area contributed by atoms with E-state index in [-0.39, 0.29) is 6.04 Å². The van der Waals surface area contributed by atoms with E-state index in [0.717, 1.165) is 18.4 Å². The second kappa shape index (κ2) is 5.00. The summed E-state index contributed by atoms with van der Waals surface area (Å²) >= 11 is 0. The van der Waals surface area contributed by atoms with Gasteiger partial charge in [0.25, 0.3) is 5.91 Å². The number of hydrogen-bond acceptors (Lipinski definition) is 3. The first-order valence-electron chi connectivity index (χ1n) is 5.50. The number of terminal acetylenes is 1. The fraction of sp³-hybridized carbons (Fsp3) is 0.308. The molecular formula is C13H14N2O2. The van der Waals surface area contributed by atoms with Crippen LogP contribution in [0.15, 0.2) is 18.2 Å². The molecule has 17 heavy (non-hydrogen) atoms. The molecule has 0 saturated carbocycles. The van der Waals surface area contributed by atoms with Crippen LogP contribution in [0, 0.1) is 12.3 Å². The molecule has 1 aliphatic carbocycles. The maximum absolute atomic E-state index is 11.3. The molecule has 1 aromatic carbocycles. The van der Waals surface area contributed by atoms with E-state index < -0.39 is 5.91 Å². The molecule has 4 nitrogen and oxygen atoms in total. The van der Waals surface area contributed by atoms with Crippen molar-refractivity contribution in [3.8, 4) is 12.3 Å². The molecule has 1 atom stereocenters. The largest absolute Gasteiger partial charge is 0.299 e. The second-order valence-corrected chi connectivity index (χ2v) is 4.03. The first-order valence-corrected chi connectivity index (χ1v) is 5.50. The summed E-state index contributed by atoms with van der Waals surface area (Å²) in [6.45, 7) is 0.514. The summed E-state index contributed by atoms with van der Waals surface area (Å²) in [7, 11) is 0. The number of carbonyl (C=O) groups is 1. The second-order valence-electron chi connectivity index (χ2n) is 4.03. The Labute approximate surface area is 100.0 Å². The Morgan fingerprint density at radius 3 is 3.12 bits per heavy atom. The van der Waals surface area contributed by atoms with Gasteiger partial charge in [-0.3, -0.25) is 15.3 Å². The van der Waals surface area contributed by atoms with E-state index in [2.05, 4.69) is 11.2 Å². The molecular weight excluding hydrogens is 216 g/mol. The van der Waals surface area contributed by atoms with Crippen LogP contribution in [0.4, 0.5) is 0 Å². The Balaban J connectivity index is 2.24. The van der Waals surface area contributed by atoms with Crippen molar-refractivity contribution in [3.05, 3.63) is 34.9 Å². The van der Waals surface area contributed by atoms with Crippen molar-refractivity contribution in [2.45, 2.75) is 18.9 Å². The summed E-state index contributed by atoms with van der Waals surface area (Å²) in [5.41, 5.74) is 4.43. The lowest BCUT2D eigenvalue weighted by Gasteiger charge is -2.12. The van der Waals surface area contributed by atoms with Gasteiger partial charge in [0.2, 0.25) is 0 Å². The van der Waals surface area contributed by atoms with Gasteiger partial charge in [-0.25, -0.2) is 5.48 Å². The molecule has 0 saturated heterocycles. The zero-order valence-corrected chi connectivity index (χ0v) is 9.36. The van der Waals surface area contributed by atoms with Crippen molar-refractivity contribution >= 4 is 5.91 Å². The van der Waals surface area contributed by atoms with E-state index in [0.29, 0.717) is 12.1 Å². The molecule has 2 rings (SSSR count). The van der Waals surface area contributed by atoms with Crippen LogP contribution in [0.3, 0.4) is 0 Å². The molecule has 1 amide bonds.